The van der Waals surface area contributed by atoms with Crippen molar-refractivity contribution < 1.29 is 0 Å². The molecule has 0 amide bonds. The van der Waals surface area contributed by atoms with E-state index in [1.54, 1.807) is 7.05 Å². The van der Waals surface area contributed by atoms with Crippen LogP contribution < -0.4 is 5.32 Å². The van der Waals surface area contributed by atoms with Crippen LogP contribution in [-0.2, 0) is 0 Å². The predicted octanol–water partition coefficient (Wildman–Crippen LogP) is 1.53. The van der Waals surface area contributed by atoms with Crippen molar-refractivity contribution in [2.45, 2.75) is 19.8 Å². The molecule has 0 aromatic heterocycles. The highest BCUT2D eigenvalue weighted by Crippen LogP contribution is 1.85. The molecule has 0 unspecified atom stereocenters. The van der Waals surface area contributed by atoms with Gasteiger partial charge in [0.25, 0.3) is 0 Å². The molecule has 7 heavy (non-hydrogen) atoms. The molecule has 0 aliphatic rings. The van der Waals surface area contributed by atoms with E-state index in [4.69, 9.17) is 0 Å². The fraction of sp³-hybridized carbons (Fsp3) is 0.667. The highest BCUT2D eigenvalue weighted by atomic mass is 14.8. The normalized spacial score (nSPS) is 10.0. The molecule has 0 aliphatic carbocycles. The zero-order valence-electron chi connectivity index (χ0n) is 5.02. The Labute approximate surface area is 45.4 Å². The van der Waals surface area contributed by atoms with Gasteiger partial charge >= 0.3 is 0 Å². The van der Waals surface area contributed by atoms with Gasteiger partial charge in [-0.2, -0.15) is 0 Å². The lowest BCUT2D eigenvalue weighted by molar-refractivity contribution is 0.940. The van der Waals surface area contributed by atoms with Gasteiger partial charge in [-0.1, -0.05) is 19.4 Å². The van der Waals surface area contributed by atoms with E-state index in [1.165, 1.54) is 6.42 Å². The fourth-order valence-electron chi connectivity index (χ4n) is 0.347. The van der Waals surface area contributed by atoms with Gasteiger partial charge in [0.1, 0.15) is 0 Å². The summed E-state index contributed by atoms with van der Waals surface area (Å²) in [6.45, 7) is 2.15. The quantitative estimate of drug-likeness (QED) is 0.508. The van der Waals surface area contributed by atoms with Crippen LogP contribution in [0.2, 0.25) is 0 Å². The average molecular weight is 98.2 g/mol. The summed E-state index contributed by atoms with van der Waals surface area (Å²) in [7, 11) is 1.78. The largest absolute Gasteiger partial charge is 0.297 e. The monoisotopic (exact) mass is 98.1 g/mol. The highest BCUT2D eigenvalue weighted by molar-refractivity contribution is 4.76. The van der Waals surface area contributed by atoms with E-state index in [-0.39, 0.29) is 0 Å². The Bertz CT molecular complexity index is 48.1. The molecule has 0 aromatic carbocycles. The van der Waals surface area contributed by atoms with E-state index in [9.17, 15) is 0 Å². The van der Waals surface area contributed by atoms with Crippen molar-refractivity contribution in [3.63, 3.8) is 0 Å². The summed E-state index contributed by atoms with van der Waals surface area (Å²) in [5.41, 5.74) is 0. The third-order valence-electron chi connectivity index (χ3n) is 0.710. The molecule has 0 saturated heterocycles. The number of hydrogen-bond acceptors (Lipinski definition) is 0. The average Bonchev–Trinajstić information content (AvgIpc) is 1.69. The van der Waals surface area contributed by atoms with Gasteiger partial charge in [-0.15, -0.1) is 0 Å². The predicted molar refractivity (Wildman–Crippen MR) is 32.1 cm³/mol. The molecule has 0 aromatic rings. The molecule has 0 spiro atoms. The molecule has 0 bridgehead atoms. The Morgan fingerprint density at radius 3 is 2.71 bits per heavy atom. The first-order chi connectivity index (χ1) is 3.41. The highest BCUT2D eigenvalue weighted by Gasteiger charge is 1.68. The van der Waals surface area contributed by atoms with Crippen molar-refractivity contribution in [3.05, 3.63) is 12.3 Å². The minimum absolute atomic E-state index is 1.15. The van der Waals surface area contributed by atoms with Crippen LogP contribution in [0.15, 0.2) is 12.3 Å². The second kappa shape index (κ2) is 5.54. The smallest absolute Gasteiger partial charge is 0.0276 e. The Balaban J connectivity index is 2.78. The summed E-state index contributed by atoms with van der Waals surface area (Å²) in [5.74, 6) is 0. The second-order valence-corrected chi connectivity index (χ2v) is 1.43. The van der Waals surface area contributed by atoms with E-state index in [2.05, 4.69) is 18.3 Å². The van der Waals surface area contributed by atoms with Gasteiger partial charge in [0.05, 0.1) is 0 Å². The van der Waals surface area contributed by atoms with Crippen LogP contribution in [0.5, 0.6) is 0 Å². The second-order valence-electron chi connectivity index (χ2n) is 1.43. The van der Waals surface area contributed by atoms with E-state index in [0.717, 1.165) is 6.42 Å². The van der Waals surface area contributed by atoms with Crippen molar-refractivity contribution in [2.75, 3.05) is 7.05 Å². The van der Waals surface area contributed by atoms with E-state index in [1.807, 2.05) is 6.20 Å². The van der Waals surface area contributed by atoms with Crippen LogP contribution in [0.1, 0.15) is 19.8 Å². The topological polar surface area (TPSA) is 14.1 Å². The third-order valence-corrected chi connectivity index (χ3v) is 0.710. The summed E-state index contributed by atoms with van der Waals surface area (Å²) < 4.78 is 0. The summed E-state index contributed by atoms with van der Waals surface area (Å²) in [4.78, 5) is 0. The molecule has 0 atom stereocenters. The lowest BCUT2D eigenvalue weighted by Crippen LogP contribution is -1.78. The molecular weight excluding hydrogens is 86.1 g/mol. The zero-order chi connectivity index (χ0) is 5.54. The molecule has 1 heteroatoms. The lowest BCUT2D eigenvalue weighted by Gasteiger charge is -1.80. The van der Waals surface area contributed by atoms with Gasteiger partial charge in [-0.05, 0) is 6.42 Å². The molecule has 0 heterocycles. The number of hydrogen-bond donors (Lipinski definition) is 0. The molecule has 0 rings (SSSR count). The molecule has 0 aliphatic heterocycles. The Kier molecular flexibility index (Phi) is 5.18. The molecule has 0 fully saturated rings. The van der Waals surface area contributed by atoms with E-state index in [0.29, 0.717) is 0 Å². The molecule has 41 valence electrons. The van der Waals surface area contributed by atoms with Crippen molar-refractivity contribution in [1.29, 1.82) is 0 Å². The maximum absolute atomic E-state index is 3.79. The number of unbranched alkanes of at least 4 members (excludes halogenated alkanes) is 1. The summed E-state index contributed by atoms with van der Waals surface area (Å²) >= 11 is 0. The fourth-order valence-corrected chi connectivity index (χ4v) is 0.347. The minimum atomic E-state index is 1.15. The number of nitrogens with zero attached hydrogens (tertiary/aromatic N) is 1. The molecule has 1 radical (unpaired) electrons. The first-order valence-corrected chi connectivity index (χ1v) is 2.65. The van der Waals surface area contributed by atoms with Gasteiger partial charge in [-0.25, -0.2) is 0 Å². The Morgan fingerprint density at radius 1 is 1.57 bits per heavy atom. The van der Waals surface area contributed by atoms with Crippen molar-refractivity contribution in [1.82, 2.24) is 5.32 Å². The molecule has 0 saturated carbocycles. The van der Waals surface area contributed by atoms with Crippen LogP contribution in [0.3, 0.4) is 0 Å². The Morgan fingerprint density at radius 2 is 2.29 bits per heavy atom. The van der Waals surface area contributed by atoms with Gasteiger partial charge < -0.3 is 0 Å². The van der Waals surface area contributed by atoms with Crippen LogP contribution in [0.25, 0.3) is 0 Å². The standard InChI is InChI=1S/C6H12N/c1-3-4-5-6-7-2/h5-6H,3-4H2,1-2H3/b6-5+. The lowest BCUT2D eigenvalue weighted by atomic mass is 10.3. The SMILES string of the molecule is CCC/C=C/[N]C. The summed E-state index contributed by atoms with van der Waals surface area (Å²) in [5, 5.41) is 3.79. The van der Waals surface area contributed by atoms with Gasteiger partial charge in [0.2, 0.25) is 0 Å². The first kappa shape index (κ1) is 6.54. The minimum Gasteiger partial charge on any atom is -0.297 e. The number of rotatable bonds is 3. The molecule has 1 nitrogen and oxygen atoms in total. The van der Waals surface area contributed by atoms with E-state index >= 15 is 0 Å². The molecule has 0 N–H and O–H groups in total. The number of allylic oxidation sites excluding steroid dienone is 1. The van der Waals surface area contributed by atoms with Crippen LogP contribution in [-0.4, -0.2) is 7.05 Å². The Hall–Kier alpha value is -0.460. The zero-order valence-corrected chi connectivity index (χ0v) is 5.02. The maximum atomic E-state index is 3.79. The van der Waals surface area contributed by atoms with E-state index < -0.39 is 0 Å². The van der Waals surface area contributed by atoms with Crippen LogP contribution in [0.4, 0.5) is 0 Å². The first-order valence-electron chi connectivity index (χ1n) is 2.65. The molecular formula is C6H12N. The van der Waals surface area contributed by atoms with Crippen molar-refractivity contribution in [2.24, 2.45) is 0 Å². The van der Waals surface area contributed by atoms with Gasteiger partial charge in [-0.3, -0.25) is 5.32 Å². The van der Waals surface area contributed by atoms with Crippen molar-refractivity contribution >= 4 is 0 Å². The van der Waals surface area contributed by atoms with Gasteiger partial charge in [0, 0.05) is 13.2 Å². The van der Waals surface area contributed by atoms with Crippen molar-refractivity contribution in [3.8, 4) is 0 Å². The van der Waals surface area contributed by atoms with Crippen LogP contribution >= 0.6 is 0 Å². The third kappa shape index (κ3) is 5.54. The van der Waals surface area contributed by atoms with Crippen LogP contribution in [0, 0.1) is 0 Å². The summed E-state index contributed by atoms with van der Waals surface area (Å²) in [6.07, 6.45) is 6.27. The maximum Gasteiger partial charge on any atom is 0.0276 e. The summed E-state index contributed by atoms with van der Waals surface area (Å²) in [6, 6.07) is 0. The van der Waals surface area contributed by atoms with Gasteiger partial charge in [0.15, 0.2) is 0 Å².